The number of hydrogen-bond donors (Lipinski definition) is 3. The van der Waals surface area contributed by atoms with Crippen molar-refractivity contribution in [3.05, 3.63) is 77.3 Å². The number of carbonyl (C=O) groups excluding carboxylic acids is 3. The zero-order chi connectivity index (χ0) is 26.6. The van der Waals surface area contributed by atoms with Crippen molar-refractivity contribution in [2.45, 2.75) is 6.92 Å². The molecule has 0 spiro atoms. The Labute approximate surface area is 218 Å². The number of methoxy groups -OCH3 is 1. The Morgan fingerprint density at radius 3 is 2.32 bits per heavy atom. The van der Waals surface area contributed by atoms with Crippen LogP contribution in [-0.2, 0) is 14.4 Å². The smallest absolute Gasteiger partial charge is 0.329 e. The third kappa shape index (κ3) is 7.97. The van der Waals surface area contributed by atoms with Crippen molar-refractivity contribution in [2.24, 2.45) is 5.10 Å². The summed E-state index contributed by atoms with van der Waals surface area (Å²) >= 11 is 6.04. The SMILES string of the molecule is CCOc1ccccc1NC(=O)C(=O)N/N=C\c1ccc(OCC(=O)Nc2ccccc2Cl)c(OC)c1. The summed E-state index contributed by atoms with van der Waals surface area (Å²) in [6.07, 6.45) is 1.33. The molecule has 0 saturated carbocycles. The number of para-hydroxylation sites is 3. The van der Waals surface area contributed by atoms with E-state index < -0.39 is 17.7 Å². The minimum Gasteiger partial charge on any atom is -0.493 e. The molecule has 11 heteroatoms. The third-order valence-electron chi connectivity index (χ3n) is 4.72. The number of anilines is 2. The first-order valence-electron chi connectivity index (χ1n) is 11.1. The zero-order valence-corrected chi connectivity index (χ0v) is 20.9. The molecular weight excluding hydrogens is 500 g/mol. The molecule has 0 radical (unpaired) electrons. The Morgan fingerprint density at radius 1 is 0.865 bits per heavy atom. The number of benzene rings is 3. The molecule has 0 unspecified atom stereocenters. The van der Waals surface area contributed by atoms with Crippen molar-refractivity contribution >= 4 is 46.9 Å². The average molecular weight is 525 g/mol. The number of amides is 3. The fourth-order valence-electron chi connectivity index (χ4n) is 3.02. The van der Waals surface area contributed by atoms with Crippen molar-refractivity contribution in [1.29, 1.82) is 0 Å². The highest BCUT2D eigenvalue weighted by Crippen LogP contribution is 2.28. The minimum atomic E-state index is -0.959. The molecule has 0 aliphatic heterocycles. The van der Waals surface area contributed by atoms with E-state index in [1.807, 2.05) is 6.92 Å². The van der Waals surface area contributed by atoms with E-state index >= 15 is 0 Å². The summed E-state index contributed by atoms with van der Waals surface area (Å²) in [5.74, 6) is -1.15. The molecule has 37 heavy (non-hydrogen) atoms. The second-order valence-electron chi connectivity index (χ2n) is 7.31. The fraction of sp³-hybridized carbons (Fsp3) is 0.154. The van der Waals surface area contributed by atoms with E-state index in [0.717, 1.165) is 0 Å². The Hall–Kier alpha value is -4.57. The van der Waals surface area contributed by atoms with Crippen LogP contribution in [0.3, 0.4) is 0 Å². The van der Waals surface area contributed by atoms with Crippen LogP contribution in [0.15, 0.2) is 71.8 Å². The molecule has 0 aliphatic carbocycles. The van der Waals surface area contributed by atoms with Gasteiger partial charge < -0.3 is 24.8 Å². The zero-order valence-electron chi connectivity index (χ0n) is 20.1. The molecular formula is C26H25ClN4O6. The largest absolute Gasteiger partial charge is 0.493 e. The van der Waals surface area contributed by atoms with Crippen molar-refractivity contribution in [3.8, 4) is 17.2 Å². The van der Waals surface area contributed by atoms with Crippen LogP contribution in [-0.4, -0.2) is 44.3 Å². The molecule has 0 bridgehead atoms. The number of rotatable bonds is 10. The average Bonchev–Trinajstić information content (AvgIpc) is 2.90. The number of hydrogen-bond acceptors (Lipinski definition) is 7. The summed E-state index contributed by atoms with van der Waals surface area (Å²) in [5, 5.41) is 9.37. The molecule has 10 nitrogen and oxygen atoms in total. The van der Waals surface area contributed by atoms with Crippen LogP contribution in [0.25, 0.3) is 0 Å². The van der Waals surface area contributed by atoms with Gasteiger partial charge in [0.25, 0.3) is 5.91 Å². The van der Waals surface area contributed by atoms with Gasteiger partial charge in [-0.3, -0.25) is 14.4 Å². The van der Waals surface area contributed by atoms with Crippen LogP contribution < -0.4 is 30.3 Å². The number of hydrazone groups is 1. The standard InChI is InChI=1S/C26H25ClN4O6/c1-3-36-21-11-7-6-10-20(21)30-25(33)26(34)31-28-15-17-12-13-22(23(14-17)35-2)37-16-24(32)29-19-9-5-4-8-18(19)27/h4-15H,3,16H2,1-2H3,(H,29,32)(H,30,33)(H,31,34)/b28-15-. The lowest BCUT2D eigenvalue weighted by Crippen LogP contribution is -2.32. The first-order valence-corrected chi connectivity index (χ1v) is 11.5. The lowest BCUT2D eigenvalue weighted by atomic mass is 10.2. The summed E-state index contributed by atoms with van der Waals surface area (Å²) in [6.45, 7) is 1.95. The Morgan fingerprint density at radius 2 is 1.59 bits per heavy atom. The van der Waals surface area contributed by atoms with Gasteiger partial charge in [0.2, 0.25) is 0 Å². The topological polar surface area (TPSA) is 127 Å². The van der Waals surface area contributed by atoms with E-state index in [0.29, 0.717) is 45.8 Å². The Balaban J connectivity index is 1.54. The predicted octanol–water partition coefficient (Wildman–Crippen LogP) is 3.85. The molecule has 0 heterocycles. The number of nitrogens with zero attached hydrogens (tertiary/aromatic N) is 1. The molecule has 0 aliphatic rings. The maximum atomic E-state index is 12.2. The van der Waals surface area contributed by atoms with Crippen LogP contribution >= 0.6 is 11.6 Å². The van der Waals surface area contributed by atoms with Gasteiger partial charge in [-0.1, -0.05) is 35.9 Å². The highest BCUT2D eigenvalue weighted by atomic mass is 35.5. The minimum absolute atomic E-state index is 0.271. The third-order valence-corrected chi connectivity index (χ3v) is 5.05. The molecule has 3 aromatic rings. The summed E-state index contributed by atoms with van der Waals surface area (Å²) < 4.78 is 16.3. The van der Waals surface area contributed by atoms with E-state index in [4.69, 9.17) is 25.8 Å². The number of ether oxygens (including phenoxy) is 3. The van der Waals surface area contributed by atoms with Crippen molar-refractivity contribution < 1.29 is 28.6 Å². The van der Waals surface area contributed by atoms with E-state index in [1.165, 1.54) is 13.3 Å². The van der Waals surface area contributed by atoms with Gasteiger partial charge in [0.1, 0.15) is 5.75 Å². The highest BCUT2D eigenvalue weighted by molar-refractivity contribution is 6.39. The summed E-state index contributed by atoms with van der Waals surface area (Å²) in [5.41, 5.74) is 3.56. The second-order valence-corrected chi connectivity index (χ2v) is 7.72. The number of carbonyl (C=O) groups is 3. The van der Waals surface area contributed by atoms with E-state index in [2.05, 4.69) is 21.2 Å². The highest BCUT2D eigenvalue weighted by Gasteiger charge is 2.15. The van der Waals surface area contributed by atoms with Crippen LogP contribution in [0.4, 0.5) is 11.4 Å². The maximum Gasteiger partial charge on any atom is 0.329 e. The van der Waals surface area contributed by atoms with E-state index in [1.54, 1.807) is 66.7 Å². The molecule has 3 N–H and O–H groups in total. The van der Waals surface area contributed by atoms with Gasteiger partial charge in [-0.15, -0.1) is 0 Å². The molecule has 3 amide bonds. The quantitative estimate of drug-likeness (QED) is 0.210. The van der Waals surface area contributed by atoms with Gasteiger partial charge in [-0.2, -0.15) is 5.10 Å². The molecule has 192 valence electrons. The van der Waals surface area contributed by atoms with Gasteiger partial charge in [-0.05, 0) is 55.0 Å². The van der Waals surface area contributed by atoms with Gasteiger partial charge in [-0.25, -0.2) is 5.43 Å². The Kier molecular flexibility index (Phi) is 9.86. The molecule has 0 atom stereocenters. The lowest BCUT2D eigenvalue weighted by Gasteiger charge is -2.12. The summed E-state index contributed by atoms with van der Waals surface area (Å²) in [7, 11) is 1.44. The molecule has 0 fully saturated rings. The molecule has 0 saturated heterocycles. The molecule has 0 aromatic heterocycles. The van der Waals surface area contributed by atoms with Crippen molar-refractivity contribution in [1.82, 2.24) is 5.43 Å². The van der Waals surface area contributed by atoms with Gasteiger partial charge in [0.05, 0.1) is 36.3 Å². The lowest BCUT2D eigenvalue weighted by molar-refractivity contribution is -0.136. The van der Waals surface area contributed by atoms with E-state index in [-0.39, 0.29) is 6.61 Å². The monoisotopic (exact) mass is 524 g/mol. The molecule has 3 rings (SSSR count). The van der Waals surface area contributed by atoms with Crippen LogP contribution in [0.5, 0.6) is 17.2 Å². The van der Waals surface area contributed by atoms with Gasteiger partial charge >= 0.3 is 11.8 Å². The van der Waals surface area contributed by atoms with Gasteiger partial charge in [0.15, 0.2) is 18.1 Å². The normalized spacial score (nSPS) is 10.5. The summed E-state index contributed by atoms with van der Waals surface area (Å²) in [6, 6.07) is 18.4. The first-order chi connectivity index (χ1) is 17.9. The second kappa shape index (κ2) is 13.5. The molecule has 3 aromatic carbocycles. The Bertz CT molecular complexity index is 1300. The predicted molar refractivity (Wildman–Crippen MR) is 141 cm³/mol. The van der Waals surface area contributed by atoms with Crippen molar-refractivity contribution in [3.63, 3.8) is 0 Å². The first kappa shape index (κ1) is 27.0. The van der Waals surface area contributed by atoms with E-state index in [9.17, 15) is 14.4 Å². The van der Waals surface area contributed by atoms with Crippen molar-refractivity contribution in [2.75, 3.05) is 31.0 Å². The maximum absolute atomic E-state index is 12.2. The number of halogens is 1. The van der Waals surface area contributed by atoms with Crippen LogP contribution in [0, 0.1) is 0 Å². The summed E-state index contributed by atoms with van der Waals surface area (Å²) in [4.78, 5) is 36.5. The fourth-order valence-corrected chi connectivity index (χ4v) is 3.21. The number of nitrogens with one attached hydrogen (secondary N) is 3. The van der Waals surface area contributed by atoms with Crippen LogP contribution in [0.1, 0.15) is 12.5 Å². The van der Waals surface area contributed by atoms with Gasteiger partial charge in [0, 0.05) is 0 Å². The van der Waals surface area contributed by atoms with Crippen LogP contribution in [0.2, 0.25) is 5.02 Å².